The Hall–Kier alpha value is -4.52. The third-order valence-corrected chi connectivity index (χ3v) is 6.32. The molecule has 0 atom stereocenters. The van der Waals surface area contributed by atoms with E-state index in [1.807, 2.05) is 55.1 Å². The average molecular weight is 484 g/mol. The number of hydrogen-bond acceptors (Lipinski definition) is 6. The van der Waals surface area contributed by atoms with Crippen LogP contribution >= 0.6 is 0 Å². The molecule has 2 heterocycles. The van der Waals surface area contributed by atoms with Gasteiger partial charge in [-0.3, -0.25) is 4.79 Å². The molecule has 0 unspecified atom stereocenters. The van der Waals surface area contributed by atoms with Crippen LogP contribution in [0, 0.1) is 6.92 Å². The van der Waals surface area contributed by atoms with Crippen molar-refractivity contribution in [2.45, 2.75) is 13.5 Å². The van der Waals surface area contributed by atoms with E-state index in [9.17, 15) is 9.59 Å². The van der Waals surface area contributed by atoms with Crippen LogP contribution in [0.3, 0.4) is 0 Å². The Morgan fingerprint density at radius 3 is 2.56 bits per heavy atom. The van der Waals surface area contributed by atoms with E-state index in [-0.39, 0.29) is 17.5 Å². The van der Waals surface area contributed by atoms with Gasteiger partial charge in [0.05, 0.1) is 25.3 Å². The largest absolute Gasteiger partial charge is 0.497 e. The molecule has 0 aliphatic carbocycles. The standard InChI is InChI=1S/C29H25NO6/c1-17-25(35-16-18-5-7-19(8-6-18)29(32)34-4)12-10-22-27(31)26(36-28(17)22)13-20-15-30(2)24-11-9-21(33-3)14-23(20)24/h5-15H,16H2,1-4H3. The molecule has 0 saturated carbocycles. The van der Waals surface area contributed by atoms with Gasteiger partial charge >= 0.3 is 5.97 Å². The van der Waals surface area contributed by atoms with E-state index in [0.717, 1.165) is 33.3 Å². The number of ketones is 1. The Balaban J connectivity index is 1.38. The lowest BCUT2D eigenvalue weighted by molar-refractivity contribution is 0.0600. The highest BCUT2D eigenvalue weighted by Crippen LogP contribution is 2.40. The zero-order valence-corrected chi connectivity index (χ0v) is 20.5. The van der Waals surface area contributed by atoms with Gasteiger partial charge in [-0.25, -0.2) is 4.79 Å². The molecular weight excluding hydrogens is 458 g/mol. The summed E-state index contributed by atoms with van der Waals surface area (Å²) < 4.78 is 24.2. The van der Waals surface area contributed by atoms with Gasteiger partial charge in [0, 0.05) is 35.3 Å². The van der Waals surface area contributed by atoms with Gasteiger partial charge in [0.25, 0.3) is 0 Å². The first-order valence-electron chi connectivity index (χ1n) is 11.4. The summed E-state index contributed by atoms with van der Waals surface area (Å²) in [4.78, 5) is 24.7. The van der Waals surface area contributed by atoms with Gasteiger partial charge in [-0.1, -0.05) is 12.1 Å². The highest BCUT2D eigenvalue weighted by atomic mass is 16.5. The van der Waals surface area contributed by atoms with Crippen LogP contribution in [0.25, 0.3) is 17.0 Å². The van der Waals surface area contributed by atoms with Gasteiger partial charge in [0.15, 0.2) is 5.76 Å². The van der Waals surface area contributed by atoms with Crippen molar-refractivity contribution in [3.05, 3.63) is 94.4 Å². The van der Waals surface area contributed by atoms with Crippen LogP contribution in [0.2, 0.25) is 0 Å². The predicted molar refractivity (Wildman–Crippen MR) is 136 cm³/mol. The zero-order chi connectivity index (χ0) is 25.4. The quantitative estimate of drug-likeness (QED) is 0.267. The number of esters is 1. The zero-order valence-electron chi connectivity index (χ0n) is 20.5. The smallest absolute Gasteiger partial charge is 0.337 e. The van der Waals surface area contributed by atoms with E-state index in [0.29, 0.717) is 29.2 Å². The molecule has 0 saturated heterocycles. The number of nitrogens with zero attached hydrogens (tertiary/aromatic N) is 1. The molecule has 5 rings (SSSR count). The number of Topliss-reactive ketones (excluding diaryl/α,β-unsaturated/α-hetero) is 1. The number of methoxy groups -OCH3 is 2. The van der Waals surface area contributed by atoms with Crippen molar-refractivity contribution in [3.63, 3.8) is 0 Å². The Morgan fingerprint density at radius 2 is 1.83 bits per heavy atom. The minimum absolute atomic E-state index is 0.169. The predicted octanol–water partition coefficient (Wildman–Crippen LogP) is 5.48. The van der Waals surface area contributed by atoms with Crippen molar-refractivity contribution in [1.82, 2.24) is 4.57 Å². The molecule has 0 amide bonds. The van der Waals surface area contributed by atoms with Crippen LogP contribution in [0.5, 0.6) is 17.2 Å². The summed E-state index contributed by atoms with van der Waals surface area (Å²) in [5.41, 5.74) is 4.52. The normalized spacial score (nSPS) is 13.6. The topological polar surface area (TPSA) is 76.0 Å². The maximum Gasteiger partial charge on any atom is 0.337 e. The Labute approximate surface area is 208 Å². The highest BCUT2D eigenvalue weighted by molar-refractivity contribution is 6.15. The maximum atomic E-state index is 13.1. The molecule has 1 aliphatic rings. The van der Waals surface area contributed by atoms with Crippen LogP contribution < -0.4 is 14.2 Å². The third kappa shape index (κ3) is 4.09. The monoisotopic (exact) mass is 483 g/mol. The van der Waals surface area contributed by atoms with Crippen LogP contribution in [-0.2, 0) is 18.4 Å². The molecule has 182 valence electrons. The Morgan fingerprint density at radius 1 is 1.06 bits per heavy atom. The number of benzene rings is 3. The fourth-order valence-electron chi connectivity index (χ4n) is 4.33. The van der Waals surface area contributed by atoms with Gasteiger partial charge in [-0.2, -0.15) is 0 Å². The van der Waals surface area contributed by atoms with Gasteiger partial charge in [-0.05, 0) is 61.0 Å². The van der Waals surface area contributed by atoms with Crippen LogP contribution in [0.1, 0.15) is 37.4 Å². The molecule has 36 heavy (non-hydrogen) atoms. The van der Waals surface area contributed by atoms with Crippen LogP contribution in [-0.4, -0.2) is 30.5 Å². The van der Waals surface area contributed by atoms with Crippen molar-refractivity contribution in [2.24, 2.45) is 7.05 Å². The number of allylic oxidation sites excluding steroid dienone is 1. The Kier molecular flexibility index (Phi) is 5.98. The minimum atomic E-state index is -0.384. The van der Waals surface area contributed by atoms with Crippen molar-refractivity contribution >= 4 is 28.7 Å². The number of hydrogen-bond donors (Lipinski definition) is 0. The molecule has 0 radical (unpaired) electrons. The van der Waals surface area contributed by atoms with E-state index in [1.165, 1.54) is 7.11 Å². The van der Waals surface area contributed by atoms with Gasteiger partial charge in [-0.15, -0.1) is 0 Å². The SMILES string of the molecule is COC(=O)c1ccc(COc2ccc3c(c2C)OC(=Cc2cn(C)c4ccc(OC)cc24)C3=O)cc1. The first-order chi connectivity index (χ1) is 17.4. The number of ether oxygens (including phenoxy) is 4. The first kappa shape index (κ1) is 23.2. The van der Waals surface area contributed by atoms with E-state index >= 15 is 0 Å². The summed E-state index contributed by atoms with van der Waals surface area (Å²) in [6, 6.07) is 16.4. The molecule has 7 heteroatoms. The summed E-state index contributed by atoms with van der Waals surface area (Å²) in [5, 5.41) is 0.968. The van der Waals surface area contributed by atoms with Crippen LogP contribution in [0.4, 0.5) is 0 Å². The molecule has 1 aliphatic heterocycles. The Bertz CT molecular complexity index is 1530. The lowest BCUT2D eigenvalue weighted by Gasteiger charge is -2.11. The van der Waals surface area contributed by atoms with E-state index in [2.05, 4.69) is 0 Å². The average Bonchev–Trinajstić information content (AvgIpc) is 3.39. The van der Waals surface area contributed by atoms with E-state index in [4.69, 9.17) is 18.9 Å². The van der Waals surface area contributed by atoms with E-state index in [1.54, 1.807) is 37.5 Å². The molecule has 7 nitrogen and oxygen atoms in total. The van der Waals surface area contributed by atoms with Gasteiger partial charge in [0.1, 0.15) is 23.9 Å². The highest BCUT2D eigenvalue weighted by Gasteiger charge is 2.30. The second-order valence-electron chi connectivity index (χ2n) is 8.56. The minimum Gasteiger partial charge on any atom is -0.497 e. The maximum absolute atomic E-state index is 13.1. The lowest BCUT2D eigenvalue weighted by atomic mass is 10.1. The van der Waals surface area contributed by atoms with Gasteiger partial charge in [0.2, 0.25) is 5.78 Å². The molecule has 0 N–H and O–H groups in total. The number of aromatic nitrogens is 1. The first-order valence-corrected chi connectivity index (χ1v) is 11.4. The number of aryl methyl sites for hydroxylation is 1. The summed E-state index contributed by atoms with van der Waals surface area (Å²) in [7, 11) is 4.94. The number of rotatable bonds is 6. The fourth-order valence-corrected chi connectivity index (χ4v) is 4.33. The second-order valence-corrected chi connectivity index (χ2v) is 8.56. The van der Waals surface area contributed by atoms with Crippen LogP contribution in [0.15, 0.2) is 66.6 Å². The molecule has 0 fully saturated rings. The van der Waals surface area contributed by atoms with Gasteiger partial charge < -0.3 is 23.5 Å². The molecule has 0 bridgehead atoms. The second kappa shape index (κ2) is 9.26. The fraction of sp³-hybridized carbons (Fsp3) is 0.172. The molecular formula is C29H25NO6. The number of carbonyl (C=O) groups is 2. The van der Waals surface area contributed by atoms with Crippen molar-refractivity contribution in [1.29, 1.82) is 0 Å². The molecule has 4 aromatic rings. The summed E-state index contributed by atoms with van der Waals surface area (Å²) in [6.45, 7) is 2.17. The molecule has 1 aromatic heterocycles. The summed E-state index contributed by atoms with van der Waals surface area (Å²) in [6.07, 6.45) is 3.73. The van der Waals surface area contributed by atoms with Crippen molar-refractivity contribution in [3.8, 4) is 17.2 Å². The number of carbonyl (C=O) groups excluding carboxylic acids is 2. The lowest BCUT2D eigenvalue weighted by Crippen LogP contribution is -2.02. The third-order valence-electron chi connectivity index (χ3n) is 6.32. The molecule has 0 spiro atoms. The van der Waals surface area contributed by atoms with Crippen molar-refractivity contribution in [2.75, 3.05) is 14.2 Å². The summed E-state index contributed by atoms with van der Waals surface area (Å²) >= 11 is 0. The summed E-state index contributed by atoms with van der Waals surface area (Å²) in [5.74, 6) is 1.58. The number of fused-ring (bicyclic) bond motifs is 2. The molecule has 3 aromatic carbocycles. The van der Waals surface area contributed by atoms with E-state index < -0.39 is 0 Å². The van der Waals surface area contributed by atoms with Crippen molar-refractivity contribution < 1.29 is 28.5 Å².